The highest BCUT2D eigenvalue weighted by Gasteiger charge is 2.25. The lowest BCUT2D eigenvalue weighted by Gasteiger charge is -2.21. The zero-order valence-corrected chi connectivity index (χ0v) is 13.1. The number of hydrogen-bond acceptors (Lipinski definition) is 4. The molecule has 0 aliphatic carbocycles. The largest absolute Gasteiger partial charge is 0.354 e. The Hall–Kier alpha value is -1.63. The fraction of sp³-hybridized carbons (Fsp3) is 0.786. The van der Waals surface area contributed by atoms with Crippen molar-refractivity contribution in [1.29, 1.82) is 0 Å². The summed E-state index contributed by atoms with van der Waals surface area (Å²) in [5.74, 6) is -1.23. The van der Waals surface area contributed by atoms with Gasteiger partial charge < -0.3 is 20.9 Å². The van der Waals surface area contributed by atoms with Crippen LogP contribution in [0.4, 0.5) is 0 Å². The van der Waals surface area contributed by atoms with E-state index < -0.39 is 17.9 Å². The van der Waals surface area contributed by atoms with Crippen LogP contribution in [0.15, 0.2) is 0 Å². The number of nitrogens with one attached hydrogen (secondary N) is 3. The number of amides is 3. The fourth-order valence-corrected chi connectivity index (χ4v) is 1.97. The SMILES string of the molecule is CC(C)CNC(=O)C(C)NC(=O)C(=O)N1CCCNCC1. The normalized spacial score (nSPS) is 17.0. The quantitative estimate of drug-likeness (QED) is 0.586. The van der Waals surface area contributed by atoms with Gasteiger partial charge in [-0.3, -0.25) is 14.4 Å². The second kappa shape index (κ2) is 8.61. The minimum absolute atomic E-state index is 0.276. The van der Waals surface area contributed by atoms with Gasteiger partial charge in [0.1, 0.15) is 6.04 Å². The van der Waals surface area contributed by atoms with Crippen LogP contribution in [0.3, 0.4) is 0 Å². The van der Waals surface area contributed by atoms with Gasteiger partial charge in [0.2, 0.25) is 5.91 Å². The molecule has 0 radical (unpaired) electrons. The van der Waals surface area contributed by atoms with Crippen LogP contribution in [0.1, 0.15) is 27.2 Å². The van der Waals surface area contributed by atoms with Crippen LogP contribution in [-0.2, 0) is 14.4 Å². The minimum atomic E-state index is -0.718. The molecule has 1 heterocycles. The monoisotopic (exact) mass is 298 g/mol. The van der Waals surface area contributed by atoms with Gasteiger partial charge in [0, 0.05) is 26.2 Å². The average molecular weight is 298 g/mol. The molecular weight excluding hydrogens is 272 g/mol. The lowest BCUT2D eigenvalue weighted by molar-refractivity contribution is -0.146. The summed E-state index contributed by atoms with van der Waals surface area (Å²) in [6, 6.07) is -0.717. The van der Waals surface area contributed by atoms with Gasteiger partial charge >= 0.3 is 11.8 Å². The minimum Gasteiger partial charge on any atom is -0.354 e. The van der Waals surface area contributed by atoms with E-state index in [9.17, 15) is 14.4 Å². The van der Waals surface area contributed by atoms with E-state index in [2.05, 4.69) is 16.0 Å². The Morgan fingerprint density at radius 3 is 2.52 bits per heavy atom. The van der Waals surface area contributed by atoms with Crippen molar-refractivity contribution in [2.75, 3.05) is 32.7 Å². The van der Waals surface area contributed by atoms with Gasteiger partial charge in [0.05, 0.1) is 0 Å². The molecule has 3 N–H and O–H groups in total. The van der Waals surface area contributed by atoms with E-state index >= 15 is 0 Å². The number of rotatable bonds is 4. The highest BCUT2D eigenvalue weighted by Crippen LogP contribution is 1.97. The summed E-state index contributed by atoms with van der Waals surface area (Å²) < 4.78 is 0. The Balaban J connectivity index is 2.43. The summed E-state index contributed by atoms with van der Waals surface area (Å²) in [5.41, 5.74) is 0. The molecule has 21 heavy (non-hydrogen) atoms. The predicted octanol–water partition coefficient (Wildman–Crippen LogP) is -0.915. The maximum atomic E-state index is 12.0. The van der Waals surface area contributed by atoms with Crippen molar-refractivity contribution in [3.8, 4) is 0 Å². The van der Waals surface area contributed by atoms with Crippen LogP contribution >= 0.6 is 0 Å². The van der Waals surface area contributed by atoms with E-state index in [1.165, 1.54) is 4.90 Å². The molecule has 1 rings (SSSR count). The maximum absolute atomic E-state index is 12.0. The van der Waals surface area contributed by atoms with Crippen LogP contribution in [0.2, 0.25) is 0 Å². The summed E-state index contributed by atoms with van der Waals surface area (Å²) in [5, 5.41) is 8.35. The first-order valence-corrected chi connectivity index (χ1v) is 7.50. The number of hydrogen-bond donors (Lipinski definition) is 3. The van der Waals surface area contributed by atoms with E-state index in [1.807, 2.05) is 13.8 Å². The van der Waals surface area contributed by atoms with Crippen LogP contribution in [-0.4, -0.2) is 61.4 Å². The standard InChI is InChI=1S/C14H26N4O3/c1-10(2)9-16-12(19)11(3)17-13(20)14(21)18-7-4-5-15-6-8-18/h10-11,15H,4-9H2,1-3H3,(H,16,19)(H,17,20). The second-order valence-corrected chi connectivity index (χ2v) is 5.73. The van der Waals surface area contributed by atoms with Gasteiger partial charge in [0.25, 0.3) is 0 Å². The van der Waals surface area contributed by atoms with Crippen molar-refractivity contribution >= 4 is 17.7 Å². The molecule has 1 atom stereocenters. The molecule has 7 heteroatoms. The van der Waals surface area contributed by atoms with E-state index in [4.69, 9.17) is 0 Å². The fourth-order valence-electron chi connectivity index (χ4n) is 1.97. The van der Waals surface area contributed by atoms with Crippen molar-refractivity contribution in [3.63, 3.8) is 0 Å². The summed E-state index contributed by atoms with van der Waals surface area (Å²) in [6.07, 6.45) is 0.823. The lowest BCUT2D eigenvalue weighted by atomic mass is 10.2. The third kappa shape index (κ3) is 6.12. The Kier molecular flexibility index (Phi) is 7.14. The molecule has 120 valence electrons. The molecular formula is C14H26N4O3. The zero-order chi connectivity index (χ0) is 15.8. The Morgan fingerprint density at radius 1 is 1.14 bits per heavy atom. The van der Waals surface area contributed by atoms with Crippen molar-refractivity contribution in [2.24, 2.45) is 5.92 Å². The smallest absolute Gasteiger partial charge is 0.311 e. The first-order valence-electron chi connectivity index (χ1n) is 7.50. The van der Waals surface area contributed by atoms with E-state index in [0.717, 1.165) is 13.0 Å². The van der Waals surface area contributed by atoms with Gasteiger partial charge in [-0.25, -0.2) is 0 Å². The van der Waals surface area contributed by atoms with Gasteiger partial charge in [0.15, 0.2) is 0 Å². The van der Waals surface area contributed by atoms with E-state index in [0.29, 0.717) is 32.1 Å². The molecule has 0 aromatic carbocycles. The van der Waals surface area contributed by atoms with E-state index in [1.54, 1.807) is 6.92 Å². The molecule has 0 aromatic rings. The van der Waals surface area contributed by atoms with Crippen LogP contribution < -0.4 is 16.0 Å². The summed E-state index contributed by atoms with van der Waals surface area (Å²) in [4.78, 5) is 37.2. The number of carbonyl (C=O) groups is 3. The average Bonchev–Trinajstić information content (AvgIpc) is 2.72. The zero-order valence-electron chi connectivity index (χ0n) is 13.1. The maximum Gasteiger partial charge on any atom is 0.311 e. The molecule has 1 aliphatic rings. The third-order valence-corrected chi connectivity index (χ3v) is 3.25. The number of nitrogens with zero attached hydrogens (tertiary/aromatic N) is 1. The first kappa shape index (κ1) is 17.4. The van der Waals surface area contributed by atoms with Crippen molar-refractivity contribution < 1.29 is 14.4 Å². The molecule has 0 saturated carbocycles. The molecule has 0 spiro atoms. The summed E-state index contributed by atoms with van der Waals surface area (Å²) in [7, 11) is 0. The molecule has 1 aliphatic heterocycles. The molecule has 0 bridgehead atoms. The highest BCUT2D eigenvalue weighted by molar-refractivity contribution is 6.35. The van der Waals surface area contributed by atoms with Gasteiger partial charge in [-0.1, -0.05) is 13.8 Å². The van der Waals surface area contributed by atoms with Gasteiger partial charge in [-0.2, -0.15) is 0 Å². The Morgan fingerprint density at radius 2 is 1.86 bits per heavy atom. The van der Waals surface area contributed by atoms with E-state index in [-0.39, 0.29) is 5.91 Å². The molecule has 1 saturated heterocycles. The highest BCUT2D eigenvalue weighted by atomic mass is 16.2. The summed E-state index contributed by atoms with van der Waals surface area (Å²) in [6.45, 7) is 8.70. The third-order valence-electron chi connectivity index (χ3n) is 3.25. The Bertz CT molecular complexity index is 376. The molecule has 3 amide bonds. The second-order valence-electron chi connectivity index (χ2n) is 5.73. The van der Waals surface area contributed by atoms with Crippen LogP contribution in [0.25, 0.3) is 0 Å². The van der Waals surface area contributed by atoms with Gasteiger partial charge in [-0.05, 0) is 25.8 Å². The predicted molar refractivity (Wildman–Crippen MR) is 79.5 cm³/mol. The molecule has 7 nitrogen and oxygen atoms in total. The van der Waals surface area contributed by atoms with Crippen molar-refractivity contribution in [2.45, 2.75) is 33.2 Å². The number of carbonyl (C=O) groups excluding carboxylic acids is 3. The lowest BCUT2D eigenvalue weighted by Crippen LogP contribution is -2.51. The molecule has 1 fully saturated rings. The summed E-state index contributed by atoms with van der Waals surface area (Å²) >= 11 is 0. The molecule has 1 unspecified atom stereocenters. The van der Waals surface area contributed by atoms with Crippen molar-refractivity contribution in [1.82, 2.24) is 20.9 Å². The van der Waals surface area contributed by atoms with Crippen LogP contribution in [0.5, 0.6) is 0 Å². The first-order chi connectivity index (χ1) is 9.91. The topological polar surface area (TPSA) is 90.5 Å². The Labute approximate surface area is 125 Å². The van der Waals surface area contributed by atoms with Crippen LogP contribution in [0, 0.1) is 5.92 Å². The molecule has 0 aromatic heterocycles. The van der Waals surface area contributed by atoms with Gasteiger partial charge in [-0.15, -0.1) is 0 Å². The van der Waals surface area contributed by atoms with Crippen molar-refractivity contribution in [3.05, 3.63) is 0 Å².